The highest BCUT2D eigenvalue weighted by molar-refractivity contribution is 6.35. The van der Waals surface area contributed by atoms with Gasteiger partial charge in [-0.2, -0.15) is 4.79 Å². The van der Waals surface area contributed by atoms with Gasteiger partial charge in [0.05, 0.1) is 5.69 Å². The SMILES string of the molecule is CC(O)C(=[N+]=[N-])C(=O)OCc1cccn1C(=O)OC(C)(C)C. The fourth-order valence-electron chi connectivity index (χ4n) is 1.53. The molecule has 0 bridgehead atoms. The zero-order valence-corrected chi connectivity index (χ0v) is 12.9. The molecule has 1 heterocycles. The molecule has 0 fully saturated rings. The van der Waals surface area contributed by atoms with E-state index in [0.29, 0.717) is 5.69 Å². The molecule has 0 radical (unpaired) electrons. The predicted molar refractivity (Wildman–Crippen MR) is 76.2 cm³/mol. The topological polar surface area (TPSA) is 114 Å². The van der Waals surface area contributed by atoms with E-state index in [1.54, 1.807) is 32.9 Å². The van der Waals surface area contributed by atoms with Crippen molar-refractivity contribution in [3.8, 4) is 0 Å². The van der Waals surface area contributed by atoms with E-state index in [0.717, 1.165) is 0 Å². The van der Waals surface area contributed by atoms with Crippen LogP contribution < -0.4 is 0 Å². The van der Waals surface area contributed by atoms with Crippen molar-refractivity contribution in [2.24, 2.45) is 0 Å². The van der Waals surface area contributed by atoms with E-state index >= 15 is 0 Å². The van der Waals surface area contributed by atoms with Crippen LogP contribution in [-0.4, -0.2) is 43.9 Å². The molecule has 0 amide bonds. The molecule has 1 unspecified atom stereocenters. The molecule has 1 aromatic heterocycles. The second kappa shape index (κ2) is 7.02. The van der Waals surface area contributed by atoms with Crippen LogP contribution in [0.15, 0.2) is 18.3 Å². The molecule has 1 aromatic rings. The van der Waals surface area contributed by atoms with E-state index < -0.39 is 29.5 Å². The normalized spacial score (nSPS) is 12.2. The molecule has 0 saturated carbocycles. The number of hydrogen-bond acceptors (Lipinski definition) is 5. The smallest absolute Gasteiger partial charge is 0.420 e. The summed E-state index contributed by atoms with van der Waals surface area (Å²) in [6, 6.07) is 3.18. The number of hydrogen-bond donors (Lipinski definition) is 1. The first-order valence-electron chi connectivity index (χ1n) is 6.62. The average molecular weight is 309 g/mol. The molecule has 120 valence electrons. The van der Waals surface area contributed by atoms with E-state index in [9.17, 15) is 14.7 Å². The molecule has 0 aliphatic heterocycles. The number of aliphatic hydroxyl groups is 1. The Morgan fingerprint density at radius 2 is 2.09 bits per heavy atom. The predicted octanol–water partition coefficient (Wildman–Crippen LogP) is 1.37. The first kappa shape index (κ1) is 17.6. The van der Waals surface area contributed by atoms with Crippen molar-refractivity contribution in [2.45, 2.75) is 46.0 Å². The zero-order chi connectivity index (χ0) is 16.9. The number of carbonyl (C=O) groups excluding carboxylic acids is 2. The van der Waals surface area contributed by atoms with Crippen LogP contribution in [0.5, 0.6) is 0 Å². The Bertz CT molecular complexity index is 606. The molecule has 1 rings (SSSR count). The third-order valence-corrected chi connectivity index (χ3v) is 2.49. The molecular formula is C14H19N3O5. The lowest BCUT2D eigenvalue weighted by molar-refractivity contribution is -0.143. The van der Waals surface area contributed by atoms with Crippen LogP contribution in [0.2, 0.25) is 0 Å². The number of aromatic nitrogens is 1. The van der Waals surface area contributed by atoms with Crippen molar-refractivity contribution >= 4 is 17.8 Å². The van der Waals surface area contributed by atoms with Gasteiger partial charge in [-0.1, -0.05) is 0 Å². The third-order valence-electron chi connectivity index (χ3n) is 2.49. The Morgan fingerprint density at radius 3 is 2.59 bits per heavy atom. The first-order chi connectivity index (χ1) is 10.2. The molecule has 8 nitrogen and oxygen atoms in total. The van der Waals surface area contributed by atoms with Gasteiger partial charge >= 0.3 is 17.8 Å². The lowest BCUT2D eigenvalue weighted by atomic mass is 10.2. The van der Waals surface area contributed by atoms with Crippen LogP contribution in [0.3, 0.4) is 0 Å². The maximum atomic E-state index is 12.0. The maximum Gasteiger partial charge on any atom is 0.420 e. The van der Waals surface area contributed by atoms with Gasteiger partial charge in [0.15, 0.2) is 6.10 Å². The van der Waals surface area contributed by atoms with Crippen LogP contribution >= 0.6 is 0 Å². The first-order valence-corrected chi connectivity index (χ1v) is 6.62. The highest BCUT2D eigenvalue weighted by Gasteiger charge is 2.28. The van der Waals surface area contributed by atoms with E-state index in [4.69, 9.17) is 15.0 Å². The molecule has 0 aliphatic rings. The van der Waals surface area contributed by atoms with Gasteiger partial charge in [-0.3, -0.25) is 4.57 Å². The van der Waals surface area contributed by atoms with Crippen molar-refractivity contribution in [1.82, 2.24) is 4.57 Å². The summed E-state index contributed by atoms with van der Waals surface area (Å²) >= 11 is 0. The summed E-state index contributed by atoms with van der Waals surface area (Å²) in [6.45, 7) is 6.23. The van der Waals surface area contributed by atoms with Crippen LogP contribution in [-0.2, 0) is 20.9 Å². The standard InChI is InChI=1S/C14H19N3O5/c1-9(18)11(16-15)12(19)21-8-10-6-5-7-17(10)13(20)22-14(2,3)4/h5-7,9,18H,8H2,1-4H3. The minimum absolute atomic E-state index is 0.239. The molecule has 1 N–H and O–H groups in total. The monoisotopic (exact) mass is 309 g/mol. The van der Waals surface area contributed by atoms with E-state index in [1.807, 2.05) is 0 Å². The summed E-state index contributed by atoms with van der Waals surface area (Å²) in [4.78, 5) is 26.3. The van der Waals surface area contributed by atoms with E-state index in [2.05, 4.69) is 4.79 Å². The average Bonchev–Trinajstić information content (AvgIpc) is 2.83. The number of carbonyl (C=O) groups is 2. The third kappa shape index (κ3) is 4.83. The van der Waals surface area contributed by atoms with Crippen molar-refractivity contribution in [3.63, 3.8) is 0 Å². The molecule has 0 spiro atoms. The molecule has 8 heteroatoms. The summed E-state index contributed by atoms with van der Waals surface area (Å²) in [7, 11) is 0. The lowest BCUT2D eigenvalue weighted by Crippen LogP contribution is -2.30. The van der Waals surface area contributed by atoms with E-state index in [1.165, 1.54) is 17.7 Å². The Kier molecular flexibility index (Phi) is 5.62. The quantitative estimate of drug-likeness (QED) is 0.390. The van der Waals surface area contributed by atoms with Gasteiger partial charge in [0.2, 0.25) is 0 Å². The minimum atomic E-state index is -1.27. The zero-order valence-electron chi connectivity index (χ0n) is 12.9. The largest absolute Gasteiger partial charge is 0.451 e. The molecular weight excluding hydrogens is 290 g/mol. The Morgan fingerprint density at radius 1 is 1.45 bits per heavy atom. The van der Waals surface area contributed by atoms with Crippen molar-refractivity contribution in [2.75, 3.05) is 0 Å². The van der Waals surface area contributed by atoms with Gasteiger partial charge in [0.1, 0.15) is 12.2 Å². The van der Waals surface area contributed by atoms with Crippen molar-refractivity contribution in [3.05, 3.63) is 29.6 Å². The summed E-state index contributed by atoms with van der Waals surface area (Å²) < 4.78 is 11.3. The highest BCUT2D eigenvalue weighted by Crippen LogP contribution is 2.12. The Balaban J connectivity index is 2.77. The minimum Gasteiger partial charge on any atom is -0.451 e. The van der Waals surface area contributed by atoms with Crippen LogP contribution in [0.1, 0.15) is 33.4 Å². The number of ether oxygens (including phenoxy) is 2. The number of esters is 1. The van der Waals surface area contributed by atoms with Gasteiger partial charge in [-0.05, 0) is 39.8 Å². The van der Waals surface area contributed by atoms with Gasteiger partial charge in [0, 0.05) is 6.20 Å². The number of nitrogens with zero attached hydrogens (tertiary/aromatic N) is 3. The van der Waals surface area contributed by atoms with Crippen LogP contribution in [0.4, 0.5) is 4.79 Å². The summed E-state index contributed by atoms with van der Waals surface area (Å²) in [5, 5.41) is 9.24. The van der Waals surface area contributed by atoms with Gasteiger partial charge in [0.25, 0.3) is 0 Å². The summed E-state index contributed by atoms with van der Waals surface area (Å²) in [5.41, 5.74) is 7.85. The fourth-order valence-corrected chi connectivity index (χ4v) is 1.53. The van der Waals surface area contributed by atoms with Crippen molar-refractivity contribution in [1.29, 1.82) is 0 Å². The van der Waals surface area contributed by atoms with Gasteiger partial charge in [-0.25, -0.2) is 9.59 Å². The number of rotatable bonds is 4. The van der Waals surface area contributed by atoms with Crippen molar-refractivity contribution < 1.29 is 29.0 Å². The maximum absolute atomic E-state index is 12.0. The van der Waals surface area contributed by atoms with E-state index in [-0.39, 0.29) is 6.61 Å². The molecule has 1 atom stereocenters. The molecule has 0 saturated heterocycles. The van der Waals surface area contributed by atoms with Gasteiger partial charge < -0.3 is 20.1 Å². The van der Waals surface area contributed by atoms with Gasteiger partial charge in [-0.15, -0.1) is 0 Å². The second-order valence-electron chi connectivity index (χ2n) is 5.59. The van der Waals surface area contributed by atoms with Crippen LogP contribution in [0.25, 0.3) is 5.53 Å². The number of aliphatic hydroxyl groups excluding tert-OH is 1. The van der Waals surface area contributed by atoms with Crippen LogP contribution in [0, 0.1) is 0 Å². The second-order valence-corrected chi connectivity index (χ2v) is 5.59. The Labute approximate surface area is 127 Å². The Hall–Kier alpha value is -2.44. The summed E-state index contributed by atoms with van der Waals surface area (Å²) in [6.07, 6.45) is -0.391. The fraction of sp³-hybridized carbons (Fsp3) is 0.500. The highest BCUT2D eigenvalue weighted by atomic mass is 16.6. The lowest BCUT2D eigenvalue weighted by Gasteiger charge is -2.20. The molecule has 0 aromatic carbocycles. The summed E-state index contributed by atoms with van der Waals surface area (Å²) in [5.74, 6) is -0.977. The molecule has 0 aliphatic carbocycles. The molecule has 22 heavy (non-hydrogen) atoms.